The van der Waals surface area contributed by atoms with Crippen LogP contribution in [0.4, 0.5) is 0 Å². The fourth-order valence-corrected chi connectivity index (χ4v) is 2.78. The van der Waals surface area contributed by atoms with E-state index in [1.54, 1.807) is 6.21 Å². The van der Waals surface area contributed by atoms with Gasteiger partial charge in [-0.15, -0.1) is 0 Å². The summed E-state index contributed by atoms with van der Waals surface area (Å²) in [5, 5.41) is 6.31. The summed E-state index contributed by atoms with van der Waals surface area (Å²) in [5.74, 6) is 0.903. The molecule has 1 amide bonds. The Morgan fingerprint density at radius 3 is 2.56 bits per heavy atom. The number of nitrogens with zero attached hydrogens (tertiary/aromatic N) is 1. The van der Waals surface area contributed by atoms with Crippen molar-refractivity contribution in [3.63, 3.8) is 0 Å². The number of hydrogen-bond acceptors (Lipinski definition) is 3. The number of nitrogens with one attached hydrogen (secondary N) is 1. The highest BCUT2D eigenvalue weighted by molar-refractivity contribution is 5.90. The van der Waals surface area contributed by atoms with E-state index in [-0.39, 0.29) is 12.5 Å². The normalized spacial score (nSPS) is 12.2. The Hall–Kier alpha value is -3.14. The summed E-state index contributed by atoms with van der Waals surface area (Å²) in [5.41, 5.74) is 4.69. The Morgan fingerprint density at radius 1 is 1.07 bits per heavy atom. The van der Waals surface area contributed by atoms with Gasteiger partial charge in [0.15, 0.2) is 6.61 Å². The van der Waals surface area contributed by atoms with Crippen LogP contribution in [0, 0.1) is 0 Å². The van der Waals surface area contributed by atoms with Crippen molar-refractivity contribution < 1.29 is 9.53 Å². The third kappa shape index (κ3) is 5.17. The average molecular weight is 360 g/mol. The first-order valence-corrected chi connectivity index (χ1v) is 9.19. The van der Waals surface area contributed by atoms with Gasteiger partial charge in [-0.05, 0) is 52.4 Å². The molecule has 0 bridgehead atoms. The van der Waals surface area contributed by atoms with Crippen molar-refractivity contribution in [1.29, 1.82) is 0 Å². The van der Waals surface area contributed by atoms with Crippen LogP contribution >= 0.6 is 0 Å². The van der Waals surface area contributed by atoms with Crippen molar-refractivity contribution in [2.75, 3.05) is 6.61 Å². The minimum Gasteiger partial charge on any atom is -0.484 e. The first-order chi connectivity index (χ1) is 13.2. The van der Waals surface area contributed by atoms with Gasteiger partial charge in [-0.25, -0.2) is 5.43 Å². The summed E-state index contributed by atoms with van der Waals surface area (Å²) in [4.78, 5) is 11.9. The van der Waals surface area contributed by atoms with E-state index < -0.39 is 0 Å². The number of carbonyl (C=O) groups is 1. The summed E-state index contributed by atoms with van der Waals surface area (Å²) in [6, 6.07) is 22.0. The van der Waals surface area contributed by atoms with Crippen molar-refractivity contribution >= 4 is 22.9 Å². The summed E-state index contributed by atoms with van der Waals surface area (Å²) >= 11 is 0. The molecule has 3 aromatic rings. The zero-order valence-corrected chi connectivity index (χ0v) is 15.7. The lowest BCUT2D eigenvalue weighted by Gasteiger charge is -2.10. The van der Waals surface area contributed by atoms with Gasteiger partial charge in [-0.3, -0.25) is 4.79 Å². The molecule has 4 heteroatoms. The Kier molecular flexibility index (Phi) is 6.21. The molecule has 3 rings (SSSR count). The third-order valence-electron chi connectivity index (χ3n) is 4.61. The number of fused-ring (bicyclic) bond motifs is 1. The minimum absolute atomic E-state index is 0.0717. The lowest BCUT2D eigenvalue weighted by atomic mass is 9.99. The van der Waals surface area contributed by atoms with Crippen molar-refractivity contribution in [2.24, 2.45) is 5.10 Å². The molecule has 138 valence electrons. The summed E-state index contributed by atoms with van der Waals surface area (Å²) in [6.45, 7) is 4.28. The fourth-order valence-electron chi connectivity index (χ4n) is 2.78. The zero-order chi connectivity index (χ0) is 19.1. The summed E-state index contributed by atoms with van der Waals surface area (Å²) < 4.78 is 5.51. The fraction of sp³-hybridized carbons (Fsp3) is 0.217. The van der Waals surface area contributed by atoms with E-state index in [2.05, 4.69) is 30.4 Å². The second kappa shape index (κ2) is 8.99. The van der Waals surface area contributed by atoms with Crippen molar-refractivity contribution in [3.05, 3.63) is 77.9 Å². The predicted octanol–water partition coefficient (Wildman–Crippen LogP) is 4.88. The average Bonchev–Trinajstić information content (AvgIpc) is 2.72. The zero-order valence-electron chi connectivity index (χ0n) is 15.7. The second-order valence-electron chi connectivity index (χ2n) is 6.57. The van der Waals surface area contributed by atoms with Crippen LogP contribution in [0.3, 0.4) is 0 Å². The van der Waals surface area contributed by atoms with E-state index >= 15 is 0 Å². The second-order valence-corrected chi connectivity index (χ2v) is 6.57. The Bertz CT molecular complexity index is 933. The van der Waals surface area contributed by atoms with Crippen LogP contribution in [-0.4, -0.2) is 18.7 Å². The molecular weight excluding hydrogens is 336 g/mol. The van der Waals surface area contributed by atoms with Gasteiger partial charge >= 0.3 is 0 Å². The van der Waals surface area contributed by atoms with E-state index in [4.69, 9.17) is 4.74 Å². The molecular formula is C23H24N2O2. The number of rotatable bonds is 7. The maximum atomic E-state index is 11.9. The molecule has 0 radical (unpaired) electrons. The molecule has 0 heterocycles. The van der Waals surface area contributed by atoms with Gasteiger partial charge in [0, 0.05) is 0 Å². The number of ether oxygens (including phenoxy) is 1. The topological polar surface area (TPSA) is 50.7 Å². The van der Waals surface area contributed by atoms with Crippen molar-refractivity contribution in [1.82, 2.24) is 5.43 Å². The van der Waals surface area contributed by atoms with Crippen LogP contribution in [0.15, 0.2) is 71.8 Å². The largest absolute Gasteiger partial charge is 0.484 e. The van der Waals surface area contributed by atoms with Crippen molar-refractivity contribution in [3.8, 4) is 5.75 Å². The van der Waals surface area contributed by atoms with E-state index in [0.717, 1.165) is 17.4 Å². The molecule has 27 heavy (non-hydrogen) atoms. The maximum absolute atomic E-state index is 11.9. The first kappa shape index (κ1) is 18.6. The van der Waals surface area contributed by atoms with Crippen molar-refractivity contribution in [2.45, 2.75) is 26.2 Å². The van der Waals surface area contributed by atoms with E-state index in [1.807, 2.05) is 60.7 Å². The Labute approximate surface area is 159 Å². The minimum atomic E-state index is -0.293. The van der Waals surface area contributed by atoms with Crippen LogP contribution in [0.5, 0.6) is 5.75 Å². The van der Waals surface area contributed by atoms with E-state index in [9.17, 15) is 4.79 Å². The monoisotopic (exact) mass is 360 g/mol. The number of amides is 1. The van der Waals surface area contributed by atoms with Crippen LogP contribution in [-0.2, 0) is 4.79 Å². The lowest BCUT2D eigenvalue weighted by molar-refractivity contribution is -0.123. The van der Waals surface area contributed by atoms with Gasteiger partial charge in [0.1, 0.15) is 5.75 Å². The quantitative estimate of drug-likeness (QED) is 0.482. The van der Waals surface area contributed by atoms with Gasteiger partial charge in [0.25, 0.3) is 5.91 Å². The lowest BCUT2D eigenvalue weighted by Crippen LogP contribution is -2.24. The molecule has 0 aliphatic rings. The van der Waals surface area contributed by atoms with Gasteiger partial charge in [-0.2, -0.15) is 5.10 Å². The molecule has 0 saturated carbocycles. The molecule has 0 aliphatic carbocycles. The highest BCUT2D eigenvalue weighted by Gasteiger charge is 2.04. The van der Waals surface area contributed by atoms with Gasteiger partial charge in [0.05, 0.1) is 6.21 Å². The highest BCUT2D eigenvalue weighted by atomic mass is 16.5. The molecule has 3 aromatic carbocycles. The molecule has 0 aliphatic heterocycles. The molecule has 0 spiro atoms. The number of hydrogen-bond donors (Lipinski definition) is 1. The predicted molar refractivity (Wildman–Crippen MR) is 110 cm³/mol. The SMILES string of the molecule is CCC(C)c1ccc(OCC(=O)NN=Cc2ccc3ccccc3c2)cc1. The van der Waals surface area contributed by atoms with Crippen LogP contribution in [0.1, 0.15) is 37.3 Å². The molecule has 0 saturated heterocycles. The number of benzene rings is 3. The van der Waals surface area contributed by atoms with Crippen LogP contribution in [0.25, 0.3) is 10.8 Å². The van der Waals surface area contributed by atoms with Gasteiger partial charge in [-0.1, -0.05) is 62.4 Å². The number of hydrazone groups is 1. The highest BCUT2D eigenvalue weighted by Crippen LogP contribution is 2.21. The maximum Gasteiger partial charge on any atom is 0.277 e. The third-order valence-corrected chi connectivity index (χ3v) is 4.61. The molecule has 1 N–H and O–H groups in total. The molecule has 0 aromatic heterocycles. The molecule has 4 nitrogen and oxygen atoms in total. The molecule has 1 atom stereocenters. The standard InChI is InChI=1S/C23H24N2O2/c1-3-17(2)19-10-12-22(13-11-19)27-16-23(26)25-24-15-18-8-9-20-6-4-5-7-21(20)14-18/h4-15,17H,3,16H2,1-2H3,(H,25,26). The molecule has 1 unspecified atom stereocenters. The summed E-state index contributed by atoms with van der Waals surface area (Å²) in [6.07, 6.45) is 2.73. The van der Waals surface area contributed by atoms with Crippen LogP contribution in [0.2, 0.25) is 0 Å². The Balaban J connectivity index is 1.49. The van der Waals surface area contributed by atoms with Crippen LogP contribution < -0.4 is 10.2 Å². The smallest absolute Gasteiger partial charge is 0.277 e. The van der Waals surface area contributed by atoms with Gasteiger partial charge in [0.2, 0.25) is 0 Å². The van der Waals surface area contributed by atoms with Gasteiger partial charge < -0.3 is 4.74 Å². The first-order valence-electron chi connectivity index (χ1n) is 9.19. The molecule has 0 fully saturated rings. The number of carbonyl (C=O) groups excluding carboxylic acids is 1. The Morgan fingerprint density at radius 2 is 1.81 bits per heavy atom. The summed E-state index contributed by atoms with van der Waals surface area (Å²) in [7, 11) is 0. The van der Waals surface area contributed by atoms with E-state index in [1.165, 1.54) is 10.9 Å². The van der Waals surface area contributed by atoms with E-state index in [0.29, 0.717) is 11.7 Å².